The summed E-state index contributed by atoms with van der Waals surface area (Å²) in [5, 5.41) is 10.9. The van der Waals surface area contributed by atoms with Crippen LogP contribution in [0.5, 0.6) is 0 Å². The number of nitriles is 1. The van der Waals surface area contributed by atoms with E-state index in [1.165, 1.54) is 0 Å². The van der Waals surface area contributed by atoms with Crippen LogP contribution in [0.15, 0.2) is 11.3 Å². The fourth-order valence-electron chi connectivity index (χ4n) is 1.79. The Morgan fingerprint density at radius 1 is 1.21 bits per heavy atom. The molecule has 2 heterocycles. The summed E-state index contributed by atoms with van der Waals surface area (Å²) in [5.74, 6) is -1.01. The van der Waals surface area contributed by atoms with E-state index < -0.39 is 11.8 Å². The Labute approximate surface area is 81.0 Å². The maximum atomic E-state index is 11.4. The minimum atomic E-state index is -0.570. The largest absolute Gasteiger partial charge is 0.366 e. The van der Waals surface area contributed by atoms with Crippen molar-refractivity contribution in [3.05, 3.63) is 11.3 Å². The van der Waals surface area contributed by atoms with Gasteiger partial charge in [-0.15, -0.1) is 0 Å². The number of amides is 2. The van der Waals surface area contributed by atoms with E-state index in [9.17, 15) is 9.59 Å². The number of likely N-dealkylation sites (tertiary alicyclic amines) is 1. The van der Waals surface area contributed by atoms with Gasteiger partial charge in [-0.05, 0) is 12.8 Å². The molecule has 0 unspecified atom stereocenters. The Hall–Kier alpha value is -1.83. The number of hydrogen-bond acceptors (Lipinski definition) is 4. The van der Waals surface area contributed by atoms with Crippen LogP contribution < -0.4 is 5.32 Å². The fraction of sp³-hybridized carbons (Fsp3) is 0.444. The van der Waals surface area contributed by atoms with Gasteiger partial charge in [0.05, 0.1) is 0 Å². The summed E-state index contributed by atoms with van der Waals surface area (Å²) in [5.41, 5.74) is 0.215. The summed E-state index contributed by atoms with van der Waals surface area (Å²) in [6.45, 7) is 1.50. The molecule has 1 fully saturated rings. The van der Waals surface area contributed by atoms with Crippen LogP contribution in [0.1, 0.15) is 12.8 Å². The minimum Gasteiger partial charge on any atom is -0.366 e. The van der Waals surface area contributed by atoms with Crippen LogP contribution in [0.25, 0.3) is 0 Å². The molecule has 0 aromatic heterocycles. The summed E-state index contributed by atoms with van der Waals surface area (Å²) >= 11 is 0. The number of carbonyl (C=O) groups is 2. The molecule has 2 aliphatic heterocycles. The second-order valence-corrected chi connectivity index (χ2v) is 3.31. The molecule has 2 amide bonds. The predicted molar refractivity (Wildman–Crippen MR) is 46.6 cm³/mol. The van der Waals surface area contributed by atoms with Crippen LogP contribution in [0.3, 0.4) is 0 Å². The van der Waals surface area contributed by atoms with Crippen LogP contribution in [0.2, 0.25) is 0 Å². The van der Waals surface area contributed by atoms with Crippen LogP contribution in [-0.2, 0) is 9.59 Å². The van der Waals surface area contributed by atoms with Gasteiger partial charge in [0, 0.05) is 13.1 Å². The Morgan fingerprint density at radius 2 is 1.86 bits per heavy atom. The molecule has 0 aliphatic carbocycles. The third kappa shape index (κ3) is 1.16. The first-order chi connectivity index (χ1) is 6.74. The third-order valence-electron chi connectivity index (χ3n) is 2.44. The molecule has 0 aromatic rings. The van der Waals surface area contributed by atoms with Gasteiger partial charge < -0.3 is 4.90 Å². The van der Waals surface area contributed by atoms with Crippen LogP contribution in [0, 0.1) is 11.3 Å². The molecule has 2 rings (SSSR count). The summed E-state index contributed by atoms with van der Waals surface area (Å²) in [6.07, 6.45) is 2.01. The van der Waals surface area contributed by atoms with Crippen molar-refractivity contribution in [2.45, 2.75) is 12.8 Å². The normalized spacial score (nSPS) is 21.5. The molecule has 2 aliphatic rings. The standard InChI is InChI=1S/C9H9N3O2/c10-5-6-7(9(14)11-8(6)13)12-3-1-2-4-12/h1-4H2,(H,11,13,14). The third-order valence-corrected chi connectivity index (χ3v) is 2.44. The molecule has 14 heavy (non-hydrogen) atoms. The van der Waals surface area contributed by atoms with Crippen molar-refractivity contribution in [1.82, 2.24) is 10.2 Å². The zero-order chi connectivity index (χ0) is 10.1. The SMILES string of the molecule is N#CC1=C(N2CCCC2)C(=O)NC1=O. The minimum absolute atomic E-state index is 0.0445. The Morgan fingerprint density at radius 3 is 2.43 bits per heavy atom. The average molecular weight is 191 g/mol. The van der Waals surface area contributed by atoms with E-state index in [2.05, 4.69) is 5.32 Å². The highest BCUT2D eigenvalue weighted by molar-refractivity contribution is 6.21. The van der Waals surface area contributed by atoms with E-state index in [0.29, 0.717) is 0 Å². The molecular formula is C9H9N3O2. The molecule has 1 N–H and O–H groups in total. The maximum absolute atomic E-state index is 11.4. The first-order valence-electron chi connectivity index (χ1n) is 4.49. The van der Waals surface area contributed by atoms with E-state index in [0.717, 1.165) is 25.9 Å². The lowest BCUT2D eigenvalue weighted by molar-refractivity contribution is -0.124. The van der Waals surface area contributed by atoms with E-state index >= 15 is 0 Å². The quantitative estimate of drug-likeness (QED) is 0.568. The maximum Gasteiger partial charge on any atom is 0.276 e. The topological polar surface area (TPSA) is 73.2 Å². The first-order valence-corrected chi connectivity index (χ1v) is 4.49. The van der Waals surface area contributed by atoms with Gasteiger partial charge in [-0.25, -0.2) is 0 Å². The molecule has 72 valence electrons. The van der Waals surface area contributed by atoms with Gasteiger partial charge >= 0.3 is 0 Å². The van der Waals surface area contributed by atoms with Crippen molar-refractivity contribution in [3.8, 4) is 6.07 Å². The highest BCUT2D eigenvalue weighted by atomic mass is 16.2. The Bertz CT molecular complexity index is 372. The second kappa shape index (κ2) is 3.14. The van der Waals surface area contributed by atoms with Crippen LogP contribution >= 0.6 is 0 Å². The molecule has 0 spiro atoms. The summed E-state index contributed by atoms with van der Waals surface area (Å²) in [4.78, 5) is 24.3. The van der Waals surface area contributed by atoms with Crippen molar-refractivity contribution < 1.29 is 9.59 Å². The number of carbonyl (C=O) groups excluding carboxylic acids is 2. The van der Waals surface area contributed by atoms with E-state index in [1.807, 2.05) is 0 Å². The van der Waals surface area contributed by atoms with Gasteiger partial charge in [-0.1, -0.05) is 0 Å². The first kappa shape index (κ1) is 8.75. The zero-order valence-electron chi connectivity index (χ0n) is 7.54. The lowest BCUT2D eigenvalue weighted by Gasteiger charge is -2.16. The van der Waals surface area contributed by atoms with E-state index in [4.69, 9.17) is 5.26 Å². The average Bonchev–Trinajstić information content (AvgIpc) is 2.72. The highest BCUT2D eigenvalue weighted by Gasteiger charge is 2.34. The zero-order valence-corrected chi connectivity index (χ0v) is 7.54. The molecule has 0 aromatic carbocycles. The van der Waals surface area contributed by atoms with Crippen LogP contribution in [-0.4, -0.2) is 29.8 Å². The van der Waals surface area contributed by atoms with Crippen molar-refractivity contribution in [1.29, 1.82) is 5.26 Å². The molecule has 0 atom stereocenters. The van der Waals surface area contributed by atoms with Crippen LogP contribution in [0.4, 0.5) is 0 Å². The van der Waals surface area contributed by atoms with Crippen molar-refractivity contribution >= 4 is 11.8 Å². The molecular weight excluding hydrogens is 182 g/mol. The molecule has 1 saturated heterocycles. The number of nitrogens with one attached hydrogen (secondary N) is 1. The molecule has 0 saturated carbocycles. The van der Waals surface area contributed by atoms with Gasteiger partial charge in [-0.2, -0.15) is 5.26 Å². The fourth-order valence-corrected chi connectivity index (χ4v) is 1.79. The molecule has 5 heteroatoms. The van der Waals surface area contributed by atoms with E-state index in [1.54, 1.807) is 11.0 Å². The van der Waals surface area contributed by atoms with Crippen molar-refractivity contribution in [2.75, 3.05) is 13.1 Å². The summed E-state index contributed by atoms with van der Waals surface area (Å²) < 4.78 is 0. The number of hydrogen-bond donors (Lipinski definition) is 1. The van der Waals surface area contributed by atoms with Crippen molar-refractivity contribution in [3.63, 3.8) is 0 Å². The Kier molecular flexibility index (Phi) is 1.97. The number of imide groups is 1. The van der Waals surface area contributed by atoms with E-state index in [-0.39, 0.29) is 11.3 Å². The molecule has 0 radical (unpaired) electrons. The summed E-state index contributed by atoms with van der Waals surface area (Å²) in [7, 11) is 0. The predicted octanol–water partition coefficient (Wildman–Crippen LogP) is -0.484. The second-order valence-electron chi connectivity index (χ2n) is 3.31. The molecule has 0 bridgehead atoms. The number of nitrogens with zero attached hydrogens (tertiary/aromatic N) is 2. The van der Waals surface area contributed by atoms with Gasteiger partial charge in [0.25, 0.3) is 11.8 Å². The van der Waals surface area contributed by atoms with Gasteiger partial charge in [0.2, 0.25) is 0 Å². The molecule has 5 nitrogen and oxygen atoms in total. The van der Waals surface area contributed by atoms with Crippen molar-refractivity contribution in [2.24, 2.45) is 0 Å². The van der Waals surface area contributed by atoms with Gasteiger partial charge in [-0.3, -0.25) is 14.9 Å². The number of rotatable bonds is 1. The highest BCUT2D eigenvalue weighted by Crippen LogP contribution is 2.21. The lowest BCUT2D eigenvalue weighted by Crippen LogP contribution is -2.29. The van der Waals surface area contributed by atoms with Gasteiger partial charge in [0.1, 0.15) is 17.3 Å². The monoisotopic (exact) mass is 191 g/mol. The van der Waals surface area contributed by atoms with Gasteiger partial charge in [0.15, 0.2) is 0 Å². The smallest absolute Gasteiger partial charge is 0.276 e. The Balaban J connectivity index is 2.38. The summed E-state index contributed by atoms with van der Waals surface area (Å²) in [6, 6.07) is 1.78. The lowest BCUT2D eigenvalue weighted by atomic mass is 10.2.